The van der Waals surface area contributed by atoms with Gasteiger partial charge >= 0.3 is 0 Å². The minimum Gasteiger partial charge on any atom is -0.472 e. The molecular weight excluding hydrogens is 196 g/mol. The number of hydrogen-bond donors (Lipinski definition) is 0. The molecule has 0 saturated heterocycles. The molecule has 0 atom stereocenters. The highest BCUT2D eigenvalue weighted by molar-refractivity contribution is 6.01. The fraction of sp³-hybridized carbons (Fsp3) is 0.0667. The molecular formula is C15H10O. The molecule has 3 aromatic rings. The number of rotatable bonds is 0. The molecule has 0 aliphatic heterocycles. The summed E-state index contributed by atoms with van der Waals surface area (Å²) in [5.74, 6) is 0. The summed E-state index contributed by atoms with van der Waals surface area (Å²) < 4.78 is 5.33. The largest absolute Gasteiger partial charge is 0.472 e. The Balaban J connectivity index is 2.25. The summed E-state index contributed by atoms with van der Waals surface area (Å²) in [7, 11) is 0. The van der Waals surface area contributed by atoms with Gasteiger partial charge in [-0.2, -0.15) is 0 Å². The van der Waals surface area contributed by atoms with Crippen LogP contribution in [0, 0.1) is 0 Å². The third kappa shape index (κ3) is 0.904. The van der Waals surface area contributed by atoms with E-state index in [4.69, 9.17) is 4.42 Å². The first-order valence-electron chi connectivity index (χ1n) is 5.49. The van der Waals surface area contributed by atoms with Gasteiger partial charge in [-0.25, -0.2) is 0 Å². The maximum Gasteiger partial charge on any atom is 0.0984 e. The molecule has 0 radical (unpaired) electrons. The van der Waals surface area contributed by atoms with Crippen LogP contribution in [0.4, 0.5) is 0 Å². The monoisotopic (exact) mass is 206 g/mol. The van der Waals surface area contributed by atoms with Crippen molar-refractivity contribution in [1.29, 1.82) is 0 Å². The Kier molecular flexibility index (Phi) is 1.41. The molecule has 4 rings (SSSR count). The van der Waals surface area contributed by atoms with E-state index in [1.807, 2.05) is 12.5 Å². The molecule has 1 aliphatic rings. The Morgan fingerprint density at radius 1 is 0.812 bits per heavy atom. The van der Waals surface area contributed by atoms with Crippen LogP contribution in [0.2, 0.25) is 0 Å². The van der Waals surface area contributed by atoms with Gasteiger partial charge in [0, 0.05) is 17.5 Å². The molecule has 16 heavy (non-hydrogen) atoms. The Morgan fingerprint density at radius 3 is 2.62 bits per heavy atom. The van der Waals surface area contributed by atoms with Gasteiger partial charge in [-0.15, -0.1) is 0 Å². The zero-order valence-electron chi connectivity index (χ0n) is 8.73. The lowest BCUT2D eigenvalue weighted by Crippen LogP contribution is -1.97. The number of furan rings is 1. The molecule has 0 N–H and O–H groups in total. The molecule has 0 spiro atoms. The minimum atomic E-state index is 0.986. The summed E-state index contributed by atoms with van der Waals surface area (Å²) in [6.07, 6.45) is 4.71. The van der Waals surface area contributed by atoms with E-state index in [1.165, 1.54) is 33.0 Å². The van der Waals surface area contributed by atoms with E-state index in [0.717, 1.165) is 6.42 Å². The first kappa shape index (κ1) is 8.17. The van der Waals surface area contributed by atoms with Crippen molar-refractivity contribution in [3.05, 3.63) is 60.1 Å². The van der Waals surface area contributed by atoms with E-state index in [2.05, 4.69) is 36.4 Å². The van der Waals surface area contributed by atoms with Crippen LogP contribution in [0.1, 0.15) is 11.1 Å². The van der Waals surface area contributed by atoms with Gasteiger partial charge in [0.25, 0.3) is 0 Å². The molecule has 0 saturated carbocycles. The standard InChI is InChI=1S/C15H10O/c1-3-10-4-2-6-13-14-9-16-8-12(14)7-11(5-1)15(10)13/h1-6,8-9H,7H2. The Labute approximate surface area is 93.3 Å². The van der Waals surface area contributed by atoms with Gasteiger partial charge in [-0.05, 0) is 21.9 Å². The van der Waals surface area contributed by atoms with Crippen LogP contribution >= 0.6 is 0 Å². The highest BCUT2D eigenvalue weighted by atomic mass is 16.3. The average Bonchev–Trinajstić information content (AvgIpc) is 2.78. The van der Waals surface area contributed by atoms with Crippen molar-refractivity contribution in [1.82, 2.24) is 0 Å². The maximum absolute atomic E-state index is 5.33. The van der Waals surface area contributed by atoms with Gasteiger partial charge in [0.1, 0.15) is 0 Å². The summed E-state index contributed by atoms with van der Waals surface area (Å²) in [5, 5.41) is 2.71. The van der Waals surface area contributed by atoms with E-state index in [0.29, 0.717) is 0 Å². The first-order valence-corrected chi connectivity index (χ1v) is 5.49. The van der Waals surface area contributed by atoms with Crippen molar-refractivity contribution >= 4 is 10.8 Å². The van der Waals surface area contributed by atoms with Crippen LogP contribution in [-0.2, 0) is 6.42 Å². The maximum atomic E-state index is 5.33. The van der Waals surface area contributed by atoms with Gasteiger partial charge in [0.15, 0.2) is 0 Å². The van der Waals surface area contributed by atoms with Gasteiger partial charge < -0.3 is 4.42 Å². The van der Waals surface area contributed by atoms with Crippen molar-refractivity contribution in [2.45, 2.75) is 6.42 Å². The van der Waals surface area contributed by atoms with Crippen LogP contribution in [-0.4, -0.2) is 0 Å². The lowest BCUT2D eigenvalue weighted by molar-refractivity contribution is 0.565. The third-order valence-corrected chi connectivity index (χ3v) is 3.40. The predicted molar refractivity (Wildman–Crippen MR) is 64.5 cm³/mol. The lowest BCUT2D eigenvalue weighted by atomic mass is 9.86. The molecule has 0 amide bonds. The van der Waals surface area contributed by atoms with Gasteiger partial charge in [0.05, 0.1) is 12.5 Å². The molecule has 2 aromatic carbocycles. The topological polar surface area (TPSA) is 13.1 Å². The molecule has 0 bridgehead atoms. The molecule has 1 aromatic heterocycles. The minimum absolute atomic E-state index is 0.986. The zero-order chi connectivity index (χ0) is 10.5. The molecule has 76 valence electrons. The van der Waals surface area contributed by atoms with Crippen molar-refractivity contribution in [2.24, 2.45) is 0 Å². The van der Waals surface area contributed by atoms with Crippen molar-refractivity contribution in [3.63, 3.8) is 0 Å². The van der Waals surface area contributed by atoms with E-state index in [9.17, 15) is 0 Å². The molecule has 1 heterocycles. The van der Waals surface area contributed by atoms with E-state index in [1.54, 1.807) is 0 Å². The van der Waals surface area contributed by atoms with Gasteiger partial charge in [-0.3, -0.25) is 0 Å². The van der Waals surface area contributed by atoms with Crippen LogP contribution in [0.3, 0.4) is 0 Å². The van der Waals surface area contributed by atoms with Crippen LogP contribution in [0.5, 0.6) is 0 Å². The average molecular weight is 206 g/mol. The molecule has 1 nitrogen and oxygen atoms in total. The quantitative estimate of drug-likeness (QED) is 0.423. The molecule has 0 unspecified atom stereocenters. The van der Waals surface area contributed by atoms with E-state index >= 15 is 0 Å². The van der Waals surface area contributed by atoms with Gasteiger partial charge in [0.2, 0.25) is 0 Å². The van der Waals surface area contributed by atoms with Gasteiger partial charge in [-0.1, -0.05) is 36.4 Å². The summed E-state index contributed by atoms with van der Waals surface area (Å²) >= 11 is 0. The highest BCUT2D eigenvalue weighted by Gasteiger charge is 2.18. The normalized spacial score (nSPS) is 12.8. The Hall–Kier alpha value is -2.02. The number of hydrogen-bond acceptors (Lipinski definition) is 1. The second-order valence-corrected chi connectivity index (χ2v) is 4.31. The van der Waals surface area contributed by atoms with E-state index < -0.39 is 0 Å². The Bertz CT molecular complexity index is 686. The summed E-state index contributed by atoms with van der Waals surface area (Å²) in [5.41, 5.74) is 5.26. The van der Waals surface area contributed by atoms with E-state index in [-0.39, 0.29) is 0 Å². The number of fused-ring (bicyclic) bond motifs is 2. The van der Waals surface area contributed by atoms with Crippen LogP contribution < -0.4 is 0 Å². The second-order valence-electron chi connectivity index (χ2n) is 4.31. The Morgan fingerprint density at radius 2 is 1.69 bits per heavy atom. The first-order chi connectivity index (χ1) is 7.93. The second kappa shape index (κ2) is 2.76. The third-order valence-electron chi connectivity index (χ3n) is 3.40. The summed E-state index contributed by atoms with van der Waals surface area (Å²) in [4.78, 5) is 0. The predicted octanol–water partition coefficient (Wildman–Crippen LogP) is 4.00. The fourth-order valence-corrected chi connectivity index (χ4v) is 2.69. The summed E-state index contributed by atoms with van der Waals surface area (Å²) in [6, 6.07) is 13.0. The summed E-state index contributed by atoms with van der Waals surface area (Å²) in [6.45, 7) is 0. The lowest BCUT2D eigenvalue weighted by Gasteiger charge is -2.16. The fourth-order valence-electron chi connectivity index (χ4n) is 2.69. The molecule has 1 heteroatoms. The zero-order valence-corrected chi connectivity index (χ0v) is 8.73. The molecule has 0 fully saturated rings. The number of benzene rings is 2. The van der Waals surface area contributed by atoms with Crippen molar-refractivity contribution in [3.8, 4) is 11.1 Å². The van der Waals surface area contributed by atoms with Crippen LogP contribution in [0.25, 0.3) is 21.9 Å². The molecule has 1 aliphatic carbocycles. The SMILES string of the molecule is c1cc2c3c(cccc3c1)-c1cocc1C2. The highest BCUT2D eigenvalue weighted by Crippen LogP contribution is 2.39. The smallest absolute Gasteiger partial charge is 0.0984 e. The van der Waals surface area contributed by atoms with Crippen molar-refractivity contribution in [2.75, 3.05) is 0 Å². The van der Waals surface area contributed by atoms with Crippen molar-refractivity contribution < 1.29 is 4.42 Å². The van der Waals surface area contributed by atoms with Crippen LogP contribution in [0.15, 0.2) is 53.3 Å².